The molecule has 1 aliphatic heterocycles. The molecular weight excluding hydrogens is 925 g/mol. The van der Waals surface area contributed by atoms with Gasteiger partial charge in [-0.1, -0.05) is 76.3 Å². The molecule has 14 aromatic rings. The van der Waals surface area contributed by atoms with Crippen LogP contribution in [0.4, 0.5) is 0 Å². The molecule has 76 heavy (non-hydrogen) atoms. The normalized spacial score (nSPS) is 30.9. The summed E-state index contributed by atoms with van der Waals surface area (Å²) in [5, 5.41) is 42.1. The number of hydrogen-bond acceptors (Lipinski definition) is 3. The van der Waals surface area contributed by atoms with E-state index in [1.165, 1.54) is 190 Å². The van der Waals surface area contributed by atoms with Crippen molar-refractivity contribution >= 4 is 176 Å². The van der Waals surface area contributed by atoms with Crippen molar-refractivity contribution in [3.05, 3.63) is 116 Å². The number of allylic oxidation sites excluding steroid dienone is 2. The lowest BCUT2D eigenvalue weighted by Gasteiger charge is -2.55. The molecule has 3 nitrogen and oxygen atoms in total. The van der Waals surface area contributed by atoms with Crippen molar-refractivity contribution in [3.63, 3.8) is 0 Å². The summed E-state index contributed by atoms with van der Waals surface area (Å²) in [6.45, 7) is 11.8. The predicted octanol–water partition coefficient (Wildman–Crippen LogP) is 15.3. The minimum atomic E-state index is -0.538. The fourth-order valence-electron chi connectivity index (χ4n) is 22.3. The average Bonchev–Trinajstić information content (AvgIpc) is 3.79. The van der Waals surface area contributed by atoms with Gasteiger partial charge in [0.15, 0.2) is 0 Å². The number of carbonyl (C=O) groups is 2. The van der Waals surface area contributed by atoms with Crippen LogP contribution in [0.15, 0.2) is 66.8 Å². The van der Waals surface area contributed by atoms with Gasteiger partial charge in [-0.05, 0) is 311 Å². The summed E-state index contributed by atoms with van der Waals surface area (Å²) in [6, 6.07) is 20.5. The van der Waals surface area contributed by atoms with Gasteiger partial charge in [0, 0.05) is 11.3 Å². The van der Waals surface area contributed by atoms with Gasteiger partial charge in [0.2, 0.25) is 0 Å². The van der Waals surface area contributed by atoms with Gasteiger partial charge in [0.1, 0.15) is 0 Å². The highest BCUT2D eigenvalue weighted by Crippen LogP contribution is 2.71. The number of fused-ring (bicyclic) bond motifs is 9. The van der Waals surface area contributed by atoms with E-state index in [1.54, 1.807) is 43.6 Å². The summed E-state index contributed by atoms with van der Waals surface area (Å²) in [5.74, 6) is 1.68. The molecule has 11 unspecified atom stereocenters. The van der Waals surface area contributed by atoms with Crippen molar-refractivity contribution in [2.24, 2.45) is 41.4 Å². The quantitative estimate of drug-likeness (QED) is 0.0712. The van der Waals surface area contributed by atoms with Gasteiger partial charge < -0.3 is 4.74 Å². The topological polar surface area (TPSA) is 43.4 Å². The average molecular weight is 973 g/mol. The maximum absolute atomic E-state index is 13.8. The van der Waals surface area contributed by atoms with E-state index < -0.39 is 17.3 Å². The van der Waals surface area contributed by atoms with Crippen molar-refractivity contribution in [2.75, 3.05) is 0 Å². The number of cyclic esters (lactones) is 2. The molecule has 23 rings (SSSR count). The summed E-state index contributed by atoms with van der Waals surface area (Å²) >= 11 is 0. The highest BCUT2D eigenvalue weighted by Gasteiger charge is 2.71. The predicted molar refractivity (Wildman–Crippen MR) is 312 cm³/mol. The first-order valence-electron chi connectivity index (χ1n) is 29.2. The van der Waals surface area contributed by atoms with Crippen LogP contribution in [0.3, 0.4) is 0 Å². The van der Waals surface area contributed by atoms with Crippen LogP contribution in [-0.4, -0.2) is 11.9 Å². The van der Waals surface area contributed by atoms with E-state index >= 15 is 0 Å². The first-order valence-corrected chi connectivity index (χ1v) is 29.2. The Hall–Kier alpha value is -7.36. The Balaban J connectivity index is 1.09. The molecule has 358 valence electrons. The molecule has 1 saturated heterocycles. The van der Waals surface area contributed by atoms with Gasteiger partial charge >= 0.3 is 11.9 Å². The third-order valence-corrected chi connectivity index (χ3v) is 24.8. The van der Waals surface area contributed by atoms with Crippen LogP contribution in [0.2, 0.25) is 0 Å². The highest BCUT2D eigenvalue weighted by atomic mass is 16.6. The first kappa shape index (κ1) is 38.2. The van der Waals surface area contributed by atoms with E-state index in [4.69, 9.17) is 4.74 Å². The molecular formula is C73H48O3. The Morgan fingerprint density at radius 3 is 2.04 bits per heavy atom. The Labute approximate surface area is 434 Å². The molecule has 2 saturated carbocycles. The van der Waals surface area contributed by atoms with Crippen molar-refractivity contribution in [3.8, 4) is 0 Å². The van der Waals surface area contributed by atoms with Crippen LogP contribution in [0, 0.1) is 41.4 Å². The zero-order chi connectivity index (χ0) is 49.1. The summed E-state index contributed by atoms with van der Waals surface area (Å²) in [6.07, 6.45) is 21.4. The molecule has 9 aliphatic rings. The molecule has 14 aromatic carbocycles. The van der Waals surface area contributed by atoms with E-state index in [2.05, 4.69) is 106 Å². The molecule has 11 atom stereocenters. The summed E-state index contributed by atoms with van der Waals surface area (Å²) < 4.78 is 5.59. The maximum Gasteiger partial charge on any atom is 0.318 e. The monoisotopic (exact) mass is 972 g/mol. The molecule has 1 heterocycles. The second-order valence-corrected chi connectivity index (χ2v) is 27.0. The number of hydrogen-bond donors (Lipinski definition) is 0. The lowest BCUT2D eigenvalue weighted by molar-refractivity contribution is -0.153. The molecule has 2 bridgehead atoms. The third-order valence-electron chi connectivity index (χ3n) is 24.8. The van der Waals surface area contributed by atoms with Crippen LogP contribution in [0.25, 0.3) is 164 Å². The standard InChI is InChI=1S/C73H48O3/c1-5-27-16-32-20-36-22-35-19-31-15-25(2)26(3)43-46(31)60-50(35)63-51(36)61-47(32)53-37(27)12-13-38-28-9-7-6-8-10-29-17-33-21-34-18-30-11-14-41-52-40(24-42-57-70(73(41,42)4)72(75)76-71(57)74)55(43)64-59(45(30)52)49(34)62-48(33)58-44(29)39(23-28)56(54(38)53)65(61)66(58)68(63)69(62)67(60)64/h5,10-11,14-22,24-26,28,37-38,42,53-54,57,70H,1,6-9,12-13,23H2,2-4H3. The summed E-state index contributed by atoms with van der Waals surface area (Å²) in [5.41, 5.74) is 10.2. The van der Waals surface area contributed by atoms with Gasteiger partial charge in [0.25, 0.3) is 0 Å². The largest absolute Gasteiger partial charge is 0.393 e. The van der Waals surface area contributed by atoms with Crippen molar-refractivity contribution in [2.45, 2.75) is 88.9 Å². The second kappa shape index (κ2) is 11.2. The van der Waals surface area contributed by atoms with Crippen LogP contribution in [0.5, 0.6) is 0 Å². The maximum atomic E-state index is 13.8. The summed E-state index contributed by atoms with van der Waals surface area (Å²) in [7, 11) is 0. The Morgan fingerprint density at radius 1 is 0.579 bits per heavy atom. The van der Waals surface area contributed by atoms with Gasteiger partial charge in [-0.3, -0.25) is 9.59 Å². The van der Waals surface area contributed by atoms with Gasteiger partial charge in [-0.2, -0.15) is 0 Å². The zero-order valence-electron chi connectivity index (χ0n) is 42.7. The zero-order valence-corrected chi connectivity index (χ0v) is 42.7. The second-order valence-electron chi connectivity index (χ2n) is 27.0. The third kappa shape index (κ3) is 3.40. The molecule has 8 aliphatic carbocycles. The minimum absolute atomic E-state index is 0.126. The smallest absolute Gasteiger partial charge is 0.318 e. The van der Waals surface area contributed by atoms with Crippen LogP contribution >= 0.6 is 0 Å². The molecule has 0 spiro atoms. The molecule has 0 amide bonds. The molecule has 0 N–H and O–H groups in total. The van der Waals surface area contributed by atoms with E-state index in [9.17, 15) is 9.59 Å². The SMILES string of the molecule is C=CC1=Cc2cc3cc4cc5c6c(c7c8c9c(ccc%10cc%11cc%12cc%13c%14c%15c%16c%17c(c2C2C1CCC(C(CCCCC=%13)C%15)C%162)c3c1c4c6c2c7c(c%109)c%11c3c%12c%14c%17c1c32)C1(C)C(C=8)C2C(=O)OC(=O)C21)C(C)C(C)C=5. The number of ether oxygens (including phenoxy) is 1. The highest BCUT2D eigenvalue weighted by molar-refractivity contribution is 6.61. The van der Waals surface area contributed by atoms with Crippen LogP contribution in [-0.2, 0) is 26.2 Å². The van der Waals surface area contributed by atoms with Crippen LogP contribution < -0.4 is 15.7 Å². The van der Waals surface area contributed by atoms with Gasteiger partial charge in [-0.25, -0.2) is 0 Å². The Bertz CT molecular complexity index is 5590. The number of rotatable bonds is 1. The molecule has 0 radical (unpaired) electrons. The van der Waals surface area contributed by atoms with E-state index in [0.29, 0.717) is 35.5 Å². The first-order chi connectivity index (χ1) is 37.2. The van der Waals surface area contributed by atoms with Crippen molar-refractivity contribution in [1.82, 2.24) is 0 Å². The fourth-order valence-corrected chi connectivity index (χ4v) is 22.3. The van der Waals surface area contributed by atoms with Gasteiger partial charge in [-0.15, -0.1) is 0 Å². The fraction of sp³-hybridized carbons (Fsp3) is 0.288. The van der Waals surface area contributed by atoms with Crippen molar-refractivity contribution < 1.29 is 14.3 Å². The van der Waals surface area contributed by atoms with E-state index in [0.717, 1.165) is 6.42 Å². The minimum Gasteiger partial charge on any atom is -0.393 e. The number of benzene rings is 14. The Morgan fingerprint density at radius 2 is 1.24 bits per heavy atom. The molecule has 3 fully saturated rings. The Kier molecular flexibility index (Phi) is 5.64. The molecule has 0 aromatic heterocycles. The molecule has 3 heteroatoms. The lowest BCUT2D eigenvalue weighted by atomic mass is 9.44. The van der Waals surface area contributed by atoms with E-state index in [-0.39, 0.29) is 23.8 Å². The number of carbonyl (C=O) groups excluding carboxylic acids is 2. The van der Waals surface area contributed by atoms with Gasteiger partial charge in [0.05, 0.1) is 11.8 Å². The van der Waals surface area contributed by atoms with Crippen LogP contribution in [0.1, 0.15) is 110 Å². The summed E-state index contributed by atoms with van der Waals surface area (Å²) in [4.78, 5) is 27.7. The van der Waals surface area contributed by atoms with Crippen molar-refractivity contribution in [1.29, 1.82) is 0 Å². The number of esters is 2. The van der Waals surface area contributed by atoms with E-state index in [1.807, 2.05) is 0 Å². The lowest BCUT2D eigenvalue weighted by Crippen LogP contribution is -2.60.